The van der Waals surface area contributed by atoms with Gasteiger partial charge in [-0.15, -0.1) is 0 Å². The molecule has 0 saturated carbocycles. The van der Waals surface area contributed by atoms with Crippen LogP contribution < -0.4 is 10.6 Å². The zero-order valence-electron chi connectivity index (χ0n) is 13.4. The first kappa shape index (κ1) is 16.5. The molecule has 0 spiro atoms. The third-order valence-corrected chi connectivity index (χ3v) is 4.57. The molecule has 1 aliphatic heterocycles. The van der Waals surface area contributed by atoms with Crippen molar-refractivity contribution in [1.82, 2.24) is 5.32 Å². The van der Waals surface area contributed by atoms with Gasteiger partial charge in [0.25, 0.3) is 0 Å². The molecule has 0 aromatic heterocycles. The molecule has 2 aromatic rings. The minimum atomic E-state index is -0.462. The smallest absolute Gasteiger partial charge is 0.228 e. The first-order chi connectivity index (χ1) is 11.6. The molecule has 0 saturated heterocycles. The van der Waals surface area contributed by atoms with E-state index in [-0.39, 0.29) is 24.3 Å². The maximum absolute atomic E-state index is 12.8. The summed E-state index contributed by atoms with van der Waals surface area (Å²) in [5.41, 5.74) is 2.58. The number of benzene rings is 2. The second kappa shape index (κ2) is 7.05. The number of fused-ring (bicyclic) bond motifs is 1. The Labute approximate surface area is 146 Å². The largest absolute Gasteiger partial charge is 0.349 e. The molecule has 0 aliphatic carbocycles. The second-order valence-corrected chi connectivity index (χ2v) is 6.35. The molecule has 0 bridgehead atoms. The fourth-order valence-corrected chi connectivity index (χ4v) is 3.16. The van der Waals surface area contributed by atoms with E-state index in [4.69, 9.17) is 11.6 Å². The molecule has 0 radical (unpaired) electrons. The third kappa shape index (κ3) is 3.44. The Hall–Kier alpha value is -2.33. The van der Waals surface area contributed by atoms with Crippen molar-refractivity contribution in [2.45, 2.75) is 31.7 Å². The normalized spacial score (nSPS) is 17.6. The number of hydrogen-bond donors (Lipinski definition) is 2. The summed E-state index contributed by atoms with van der Waals surface area (Å²) in [5, 5.41) is 6.55. The lowest BCUT2D eigenvalue weighted by atomic mass is 9.89. The first-order valence-electron chi connectivity index (χ1n) is 8.03. The Morgan fingerprint density at radius 1 is 1.25 bits per heavy atom. The monoisotopic (exact) mass is 342 g/mol. The molecular weight excluding hydrogens is 324 g/mol. The van der Waals surface area contributed by atoms with E-state index in [2.05, 4.69) is 10.6 Å². The molecule has 5 heteroatoms. The molecule has 2 aromatic carbocycles. The SMILES string of the molecule is CCC(NC(=O)C1CC(=O)Nc2ccccc21)c1ccc(Cl)cc1. The molecule has 1 aliphatic rings. The number of halogens is 1. The molecule has 0 fully saturated rings. The summed E-state index contributed by atoms with van der Waals surface area (Å²) < 4.78 is 0. The van der Waals surface area contributed by atoms with Gasteiger partial charge in [0.1, 0.15) is 0 Å². The Morgan fingerprint density at radius 3 is 2.67 bits per heavy atom. The van der Waals surface area contributed by atoms with Crippen LogP contribution in [0.1, 0.15) is 42.9 Å². The van der Waals surface area contributed by atoms with Gasteiger partial charge in [-0.2, -0.15) is 0 Å². The Bertz CT molecular complexity index is 758. The molecule has 2 N–H and O–H groups in total. The average Bonchev–Trinajstić information content (AvgIpc) is 2.59. The van der Waals surface area contributed by atoms with Crippen LogP contribution in [0.3, 0.4) is 0 Å². The summed E-state index contributed by atoms with van der Waals surface area (Å²) >= 11 is 5.93. The molecular formula is C19H19ClN2O2. The zero-order valence-corrected chi connectivity index (χ0v) is 14.1. The molecule has 1 heterocycles. The van der Waals surface area contributed by atoms with E-state index in [0.29, 0.717) is 10.7 Å². The van der Waals surface area contributed by atoms with Crippen LogP contribution in [0.15, 0.2) is 48.5 Å². The van der Waals surface area contributed by atoms with Crippen LogP contribution in [0.4, 0.5) is 5.69 Å². The van der Waals surface area contributed by atoms with Gasteiger partial charge >= 0.3 is 0 Å². The number of carbonyl (C=O) groups excluding carboxylic acids is 2. The van der Waals surface area contributed by atoms with Crippen molar-refractivity contribution in [3.63, 3.8) is 0 Å². The minimum Gasteiger partial charge on any atom is -0.349 e. The van der Waals surface area contributed by atoms with Gasteiger partial charge in [-0.3, -0.25) is 9.59 Å². The lowest BCUT2D eigenvalue weighted by Crippen LogP contribution is -2.36. The van der Waals surface area contributed by atoms with Crippen LogP contribution in [-0.2, 0) is 9.59 Å². The minimum absolute atomic E-state index is 0.105. The maximum Gasteiger partial charge on any atom is 0.228 e. The number of amides is 2. The standard InChI is InChI=1S/C19H19ClN2O2/c1-2-16(12-7-9-13(20)10-8-12)22-19(24)15-11-18(23)21-17-6-4-3-5-14(15)17/h3-10,15-16H,2,11H2,1H3,(H,21,23)(H,22,24). The van der Waals surface area contributed by atoms with Gasteiger partial charge in [0, 0.05) is 17.1 Å². The average molecular weight is 343 g/mol. The molecule has 24 heavy (non-hydrogen) atoms. The van der Waals surface area contributed by atoms with E-state index >= 15 is 0 Å². The number of anilines is 1. The molecule has 3 rings (SSSR count). The van der Waals surface area contributed by atoms with Crippen LogP contribution in [0.2, 0.25) is 5.02 Å². The summed E-state index contributed by atoms with van der Waals surface area (Å²) in [6.07, 6.45) is 0.924. The summed E-state index contributed by atoms with van der Waals surface area (Å²) in [6.45, 7) is 2.01. The predicted octanol–water partition coefficient (Wildman–Crippen LogP) is 4.03. The molecule has 4 nitrogen and oxygen atoms in total. The number of carbonyl (C=O) groups is 2. The highest BCUT2D eigenvalue weighted by atomic mass is 35.5. The lowest BCUT2D eigenvalue weighted by molar-refractivity contribution is -0.126. The van der Waals surface area contributed by atoms with Crippen molar-refractivity contribution in [2.24, 2.45) is 0 Å². The van der Waals surface area contributed by atoms with Crippen molar-refractivity contribution < 1.29 is 9.59 Å². The fourth-order valence-electron chi connectivity index (χ4n) is 3.03. The van der Waals surface area contributed by atoms with Crippen LogP contribution >= 0.6 is 11.6 Å². The van der Waals surface area contributed by atoms with E-state index in [1.165, 1.54) is 0 Å². The van der Waals surface area contributed by atoms with E-state index in [0.717, 1.165) is 17.5 Å². The number of nitrogens with one attached hydrogen (secondary N) is 2. The Balaban J connectivity index is 1.81. The summed E-state index contributed by atoms with van der Waals surface area (Å²) in [5.74, 6) is -0.719. The topological polar surface area (TPSA) is 58.2 Å². The van der Waals surface area contributed by atoms with Crippen LogP contribution in [-0.4, -0.2) is 11.8 Å². The maximum atomic E-state index is 12.8. The van der Waals surface area contributed by atoms with E-state index in [9.17, 15) is 9.59 Å². The highest BCUT2D eigenvalue weighted by molar-refractivity contribution is 6.30. The first-order valence-corrected chi connectivity index (χ1v) is 8.41. The summed E-state index contributed by atoms with van der Waals surface area (Å²) in [4.78, 5) is 24.7. The van der Waals surface area contributed by atoms with Crippen LogP contribution in [0.25, 0.3) is 0 Å². The van der Waals surface area contributed by atoms with E-state index < -0.39 is 5.92 Å². The molecule has 2 amide bonds. The molecule has 2 atom stereocenters. The second-order valence-electron chi connectivity index (χ2n) is 5.91. The quantitative estimate of drug-likeness (QED) is 0.881. The fraction of sp³-hybridized carbons (Fsp3) is 0.263. The number of rotatable bonds is 4. The number of hydrogen-bond acceptors (Lipinski definition) is 2. The lowest BCUT2D eigenvalue weighted by Gasteiger charge is -2.27. The van der Waals surface area contributed by atoms with Gasteiger partial charge < -0.3 is 10.6 Å². The van der Waals surface area contributed by atoms with E-state index in [1.807, 2.05) is 55.5 Å². The van der Waals surface area contributed by atoms with Crippen LogP contribution in [0, 0.1) is 0 Å². The predicted molar refractivity (Wildman–Crippen MR) is 95.1 cm³/mol. The zero-order chi connectivity index (χ0) is 17.1. The van der Waals surface area contributed by atoms with Crippen molar-refractivity contribution in [1.29, 1.82) is 0 Å². The van der Waals surface area contributed by atoms with Gasteiger partial charge in [-0.1, -0.05) is 48.9 Å². The van der Waals surface area contributed by atoms with E-state index in [1.54, 1.807) is 0 Å². The highest BCUT2D eigenvalue weighted by Crippen LogP contribution is 2.33. The summed E-state index contributed by atoms with van der Waals surface area (Å²) in [7, 11) is 0. The summed E-state index contributed by atoms with van der Waals surface area (Å²) in [6, 6.07) is 14.8. The van der Waals surface area contributed by atoms with Crippen molar-refractivity contribution >= 4 is 29.1 Å². The van der Waals surface area contributed by atoms with Crippen molar-refractivity contribution in [3.8, 4) is 0 Å². The highest BCUT2D eigenvalue weighted by Gasteiger charge is 2.31. The van der Waals surface area contributed by atoms with Gasteiger partial charge in [-0.25, -0.2) is 0 Å². The Morgan fingerprint density at radius 2 is 1.96 bits per heavy atom. The van der Waals surface area contributed by atoms with Gasteiger partial charge in [0.2, 0.25) is 11.8 Å². The van der Waals surface area contributed by atoms with Crippen molar-refractivity contribution in [2.75, 3.05) is 5.32 Å². The van der Waals surface area contributed by atoms with Gasteiger partial charge in [-0.05, 0) is 35.7 Å². The van der Waals surface area contributed by atoms with Crippen LogP contribution in [0.5, 0.6) is 0 Å². The van der Waals surface area contributed by atoms with Gasteiger partial charge in [0.15, 0.2) is 0 Å². The van der Waals surface area contributed by atoms with Gasteiger partial charge in [0.05, 0.1) is 12.0 Å². The number of para-hydroxylation sites is 1. The molecule has 2 unspecified atom stereocenters. The molecule has 124 valence electrons. The Kier molecular flexibility index (Phi) is 4.86. The van der Waals surface area contributed by atoms with Crippen molar-refractivity contribution in [3.05, 3.63) is 64.7 Å². The third-order valence-electron chi connectivity index (χ3n) is 4.31.